The van der Waals surface area contributed by atoms with Gasteiger partial charge in [0.15, 0.2) is 0 Å². The number of fused-ring (bicyclic) bond motifs is 1. The van der Waals surface area contributed by atoms with E-state index in [1.165, 1.54) is 16.8 Å². The van der Waals surface area contributed by atoms with E-state index in [4.69, 9.17) is 4.74 Å². The van der Waals surface area contributed by atoms with Gasteiger partial charge in [-0.3, -0.25) is 0 Å². The molecular formula is C12H17NO. The highest BCUT2D eigenvalue weighted by Gasteiger charge is 2.16. The Labute approximate surface area is 85.3 Å². The van der Waals surface area contributed by atoms with Gasteiger partial charge >= 0.3 is 0 Å². The van der Waals surface area contributed by atoms with E-state index in [9.17, 15) is 0 Å². The lowest BCUT2D eigenvalue weighted by Gasteiger charge is -2.12. The van der Waals surface area contributed by atoms with E-state index in [1.807, 2.05) is 0 Å². The average molecular weight is 191 g/mol. The summed E-state index contributed by atoms with van der Waals surface area (Å²) in [6.07, 6.45) is 0. The molecule has 0 amide bonds. The van der Waals surface area contributed by atoms with Gasteiger partial charge in [0.1, 0.15) is 5.75 Å². The molecule has 2 heteroatoms. The second-order valence-corrected chi connectivity index (χ2v) is 4.20. The number of benzene rings is 1. The van der Waals surface area contributed by atoms with Gasteiger partial charge < -0.3 is 10.1 Å². The van der Waals surface area contributed by atoms with Crippen molar-refractivity contribution in [1.82, 2.24) is 0 Å². The van der Waals surface area contributed by atoms with Crippen LogP contribution in [-0.4, -0.2) is 13.2 Å². The molecule has 1 atom stereocenters. The lowest BCUT2D eigenvalue weighted by molar-refractivity contribution is 0.274. The van der Waals surface area contributed by atoms with E-state index in [2.05, 4.69) is 38.2 Å². The molecule has 0 saturated heterocycles. The number of anilines is 1. The van der Waals surface area contributed by atoms with Gasteiger partial charge in [0.05, 0.1) is 12.3 Å². The van der Waals surface area contributed by atoms with Crippen molar-refractivity contribution in [3.05, 3.63) is 23.3 Å². The fourth-order valence-electron chi connectivity index (χ4n) is 1.75. The minimum atomic E-state index is 0.571. The van der Waals surface area contributed by atoms with Gasteiger partial charge in [0, 0.05) is 12.5 Å². The zero-order valence-electron chi connectivity index (χ0n) is 9.05. The normalized spacial score (nSPS) is 20.4. The Balaban J connectivity index is 2.44. The quantitative estimate of drug-likeness (QED) is 0.680. The van der Waals surface area contributed by atoms with Gasteiger partial charge in [-0.05, 0) is 25.0 Å². The van der Waals surface area contributed by atoms with Crippen LogP contribution >= 0.6 is 0 Å². The van der Waals surface area contributed by atoms with Crippen LogP contribution in [0.2, 0.25) is 0 Å². The van der Waals surface area contributed by atoms with Crippen LogP contribution in [0.15, 0.2) is 12.1 Å². The van der Waals surface area contributed by atoms with Crippen LogP contribution in [0, 0.1) is 19.8 Å². The highest BCUT2D eigenvalue weighted by Crippen LogP contribution is 2.33. The molecule has 0 radical (unpaired) electrons. The van der Waals surface area contributed by atoms with Gasteiger partial charge in [-0.25, -0.2) is 0 Å². The summed E-state index contributed by atoms with van der Waals surface area (Å²) in [6.45, 7) is 8.21. The third-order valence-electron chi connectivity index (χ3n) is 2.70. The van der Waals surface area contributed by atoms with Crippen molar-refractivity contribution in [3.8, 4) is 5.75 Å². The maximum Gasteiger partial charge on any atom is 0.145 e. The highest BCUT2D eigenvalue weighted by molar-refractivity contribution is 5.65. The van der Waals surface area contributed by atoms with E-state index >= 15 is 0 Å². The number of hydrogen-bond acceptors (Lipinski definition) is 2. The Kier molecular flexibility index (Phi) is 2.36. The topological polar surface area (TPSA) is 21.3 Å². The Morgan fingerprint density at radius 1 is 1.29 bits per heavy atom. The largest absolute Gasteiger partial charge is 0.491 e. The Morgan fingerprint density at radius 2 is 2.00 bits per heavy atom. The van der Waals surface area contributed by atoms with Crippen molar-refractivity contribution in [1.29, 1.82) is 0 Å². The summed E-state index contributed by atoms with van der Waals surface area (Å²) in [5, 5.41) is 3.46. The SMILES string of the molecule is Cc1ccc(C)c2c1NCC(C)CO2. The second-order valence-electron chi connectivity index (χ2n) is 4.20. The Bertz CT molecular complexity index is 313. The van der Waals surface area contributed by atoms with Crippen LogP contribution in [0.25, 0.3) is 0 Å². The molecule has 2 nitrogen and oxygen atoms in total. The maximum atomic E-state index is 5.81. The molecule has 1 aromatic rings. The molecule has 1 N–H and O–H groups in total. The number of ether oxygens (including phenoxy) is 1. The average Bonchev–Trinajstić information content (AvgIpc) is 2.35. The third-order valence-corrected chi connectivity index (χ3v) is 2.70. The van der Waals surface area contributed by atoms with E-state index < -0.39 is 0 Å². The van der Waals surface area contributed by atoms with Crippen molar-refractivity contribution < 1.29 is 4.74 Å². The number of nitrogens with one attached hydrogen (secondary N) is 1. The van der Waals surface area contributed by atoms with Crippen LogP contribution in [0.5, 0.6) is 5.75 Å². The van der Waals surface area contributed by atoms with Crippen molar-refractivity contribution in [3.63, 3.8) is 0 Å². The molecule has 0 spiro atoms. The lowest BCUT2D eigenvalue weighted by atomic mass is 10.1. The summed E-state index contributed by atoms with van der Waals surface area (Å²) in [6, 6.07) is 4.26. The molecule has 1 aliphatic rings. The molecule has 0 fully saturated rings. The minimum Gasteiger partial charge on any atom is -0.491 e. The number of aryl methyl sites for hydroxylation is 2. The van der Waals surface area contributed by atoms with Gasteiger partial charge in [0.25, 0.3) is 0 Å². The van der Waals surface area contributed by atoms with Crippen LogP contribution in [-0.2, 0) is 0 Å². The molecule has 0 saturated carbocycles. The molecular weight excluding hydrogens is 174 g/mol. The van der Waals surface area contributed by atoms with Gasteiger partial charge in [0.2, 0.25) is 0 Å². The van der Waals surface area contributed by atoms with E-state index in [0.29, 0.717) is 5.92 Å². The monoisotopic (exact) mass is 191 g/mol. The first-order valence-corrected chi connectivity index (χ1v) is 5.15. The minimum absolute atomic E-state index is 0.571. The Morgan fingerprint density at radius 3 is 2.79 bits per heavy atom. The second kappa shape index (κ2) is 3.52. The predicted octanol–water partition coefficient (Wildman–Crippen LogP) is 2.74. The third kappa shape index (κ3) is 1.57. The summed E-state index contributed by atoms with van der Waals surface area (Å²) in [4.78, 5) is 0. The fraction of sp³-hybridized carbons (Fsp3) is 0.500. The molecule has 1 unspecified atom stereocenters. The van der Waals surface area contributed by atoms with Crippen molar-refractivity contribution >= 4 is 5.69 Å². The number of hydrogen-bond donors (Lipinski definition) is 1. The lowest BCUT2D eigenvalue weighted by Crippen LogP contribution is -2.13. The standard InChI is InChI=1S/C12H17NO/c1-8-6-13-11-9(2)4-5-10(3)12(11)14-7-8/h4-5,8,13H,6-7H2,1-3H3. The van der Waals surface area contributed by atoms with E-state index in [0.717, 1.165) is 18.9 Å². The molecule has 0 bridgehead atoms. The molecule has 0 aliphatic carbocycles. The van der Waals surface area contributed by atoms with Crippen LogP contribution in [0.4, 0.5) is 5.69 Å². The summed E-state index contributed by atoms with van der Waals surface area (Å²) in [7, 11) is 0. The van der Waals surface area contributed by atoms with Crippen molar-refractivity contribution in [2.75, 3.05) is 18.5 Å². The molecule has 76 valence electrons. The summed E-state index contributed by atoms with van der Waals surface area (Å²) < 4.78 is 5.81. The molecule has 1 heterocycles. The van der Waals surface area contributed by atoms with Crippen LogP contribution < -0.4 is 10.1 Å². The fourth-order valence-corrected chi connectivity index (χ4v) is 1.75. The predicted molar refractivity (Wildman–Crippen MR) is 59.1 cm³/mol. The first kappa shape index (κ1) is 9.38. The Hall–Kier alpha value is -1.18. The van der Waals surface area contributed by atoms with Crippen molar-refractivity contribution in [2.24, 2.45) is 5.92 Å². The van der Waals surface area contributed by atoms with Gasteiger partial charge in [-0.15, -0.1) is 0 Å². The molecule has 1 aliphatic heterocycles. The first-order valence-electron chi connectivity index (χ1n) is 5.15. The number of rotatable bonds is 0. The molecule has 2 rings (SSSR count). The summed E-state index contributed by atoms with van der Waals surface area (Å²) >= 11 is 0. The molecule has 1 aromatic carbocycles. The molecule has 0 aromatic heterocycles. The molecule has 14 heavy (non-hydrogen) atoms. The zero-order chi connectivity index (χ0) is 10.1. The summed E-state index contributed by atoms with van der Waals surface area (Å²) in [5.41, 5.74) is 3.65. The van der Waals surface area contributed by atoms with Gasteiger partial charge in [-0.2, -0.15) is 0 Å². The van der Waals surface area contributed by atoms with E-state index in [1.54, 1.807) is 0 Å². The van der Waals surface area contributed by atoms with Crippen LogP contribution in [0.3, 0.4) is 0 Å². The zero-order valence-corrected chi connectivity index (χ0v) is 9.05. The van der Waals surface area contributed by atoms with E-state index in [-0.39, 0.29) is 0 Å². The highest BCUT2D eigenvalue weighted by atomic mass is 16.5. The van der Waals surface area contributed by atoms with Gasteiger partial charge in [-0.1, -0.05) is 19.1 Å². The maximum absolute atomic E-state index is 5.81. The van der Waals surface area contributed by atoms with Crippen LogP contribution in [0.1, 0.15) is 18.1 Å². The first-order chi connectivity index (χ1) is 6.68. The smallest absolute Gasteiger partial charge is 0.145 e. The summed E-state index contributed by atoms with van der Waals surface area (Å²) in [5.74, 6) is 1.61. The van der Waals surface area contributed by atoms with Crippen molar-refractivity contribution in [2.45, 2.75) is 20.8 Å².